The molecule has 2 atom stereocenters. The van der Waals surface area contributed by atoms with Crippen molar-refractivity contribution in [3.05, 3.63) is 60.8 Å². The number of phosphoric ester groups is 1. The monoisotopic (exact) mass is 795 g/mol. The molecular weight excluding hydrogens is 713 g/mol. The van der Waals surface area contributed by atoms with Crippen LogP contribution in [0.5, 0.6) is 0 Å². The van der Waals surface area contributed by atoms with Crippen molar-refractivity contribution in [2.75, 3.05) is 47.5 Å². The summed E-state index contributed by atoms with van der Waals surface area (Å²) in [5, 5.41) is 0. The van der Waals surface area contributed by atoms with Crippen molar-refractivity contribution in [3.63, 3.8) is 0 Å². The van der Waals surface area contributed by atoms with E-state index in [4.69, 9.17) is 18.5 Å². The molecule has 9 nitrogen and oxygen atoms in total. The zero-order valence-corrected chi connectivity index (χ0v) is 36.5. The molecule has 0 aliphatic rings. The first-order chi connectivity index (χ1) is 26.5. The molecule has 0 saturated carbocycles. The Hall–Kier alpha value is -2.29. The summed E-state index contributed by atoms with van der Waals surface area (Å²) in [6.45, 7) is 4.29. The van der Waals surface area contributed by atoms with Crippen LogP contribution in [0.25, 0.3) is 0 Å². The van der Waals surface area contributed by atoms with Crippen LogP contribution in [0.4, 0.5) is 0 Å². The van der Waals surface area contributed by atoms with Gasteiger partial charge in [-0.05, 0) is 77.0 Å². The molecular formula is C45H81NO8P+. The summed E-state index contributed by atoms with van der Waals surface area (Å²) in [7, 11) is 1.43. The van der Waals surface area contributed by atoms with Gasteiger partial charge in [-0.25, -0.2) is 4.57 Å². The number of nitrogens with zero attached hydrogens (tertiary/aromatic N) is 1. The normalized spacial score (nSPS) is 14.2. The third kappa shape index (κ3) is 41.2. The van der Waals surface area contributed by atoms with E-state index in [2.05, 4.69) is 74.6 Å². The van der Waals surface area contributed by atoms with Crippen molar-refractivity contribution >= 4 is 19.8 Å². The molecule has 0 bridgehead atoms. The third-order valence-corrected chi connectivity index (χ3v) is 9.75. The molecule has 0 aromatic carbocycles. The van der Waals surface area contributed by atoms with Gasteiger partial charge in [0.15, 0.2) is 6.10 Å². The largest absolute Gasteiger partial charge is 0.472 e. The summed E-state index contributed by atoms with van der Waals surface area (Å²) in [5.41, 5.74) is 0. The molecule has 0 spiro atoms. The van der Waals surface area contributed by atoms with E-state index in [0.717, 1.165) is 57.8 Å². The van der Waals surface area contributed by atoms with Gasteiger partial charge in [-0.15, -0.1) is 0 Å². The number of hydrogen-bond acceptors (Lipinski definition) is 7. The number of carbonyl (C=O) groups excluding carboxylic acids is 2. The second kappa shape index (κ2) is 37.3. The Kier molecular flexibility index (Phi) is 35.7. The highest BCUT2D eigenvalue weighted by atomic mass is 31.2. The highest BCUT2D eigenvalue weighted by Gasteiger charge is 2.27. The maximum absolute atomic E-state index is 12.7. The number of allylic oxidation sites excluding steroid dienone is 10. The lowest BCUT2D eigenvalue weighted by atomic mass is 10.1. The Morgan fingerprint density at radius 3 is 1.56 bits per heavy atom. The summed E-state index contributed by atoms with van der Waals surface area (Å²) in [5.74, 6) is -0.879. The summed E-state index contributed by atoms with van der Waals surface area (Å²) in [6.07, 6.45) is 44.1. The number of unbranched alkanes of at least 4 members (excludes halogenated alkanes) is 14. The Labute approximate surface area is 336 Å². The molecule has 0 aliphatic heterocycles. The first-order valence-electron chi connectivity index (χ1n) is 21.5. The topological polar surface area (TPSA) is 108 Å². The predicted octanol–water partition coefficient (Wildman–Crippen LogP) is 12.1. The van der Waals surface area contributed by atoms with Gasteiger partial charge in [0.05, 0.1) is 27.7 Å². The Morgan fingerprint density at radius 2 is 1.00 bits per heavy atom. The standard InChI is InChI=1S/C45H80NO8P/c1-6-8-10-12-14-16-18-20-22-23-24-26-27-29-31-33-35-37-44(47)51-41-43(42-53-55(49,50)52-40-39-46(3,4)5)54-45(48)38-36-34-32-30-28-25-21-19-17-15-13-11-9-7-2/h14,16,19-22,24,26,29,31,43H,6-13,15,17-18,23,25,27-28,30,32-42H2,1-5H3/p+1/b16-14+,21-19+,22-20+,26-24+,31-29+/t43-/m1/s1. The molecule has 1 N–H and O–H groups in total. The van der Waals surface area contributed by atoms with Crippen molar-refractivity contribution in [3.8, 4) is 0 Å². The van der Waals surface area contributed by atoms with E-state index in [1.807, 2.05) is 21.1 Å². The van der Waals surface area contributed by atoms with Crippen molar-refractivity contribution in [2.24, 2.45) is 0 Å². The number of phosphoric acid groups is 1. The van der Waals surface area contributed by atoms with Crippen LogP contribution in [-0.4, -0.2) is 74.9 Å². The lowest BCUT2D eigenvalue weighted by Crippen LogP contribution is -2.37. The van der Waals surface area contributed by atoms with E-state index in [1.165, 1.54) is 64.2 Å². The second-order valence-electron chi connectivity index (χ2n) is 15.4. The van der Waals surface area contributed by atoms with E-state index >= 15 is 0 Å². The average molecular weight is 795 g/mol. The van der Waals surface area contributed by atoms with Crippen molar-refractivity contribution < 1.29 is 42.1 Å². The van der Waals surface area contributed by atoms with Gasteiger partial charge in [-0.3, -0.25) is 18.6 Å². The average Bonchev–Trinajstić information content (AvgIpc) is 3.13. The highest BCUT2D eigenvalue weighted by molar-refractivity contribution is 7.47. The lowest BCUT2D eigenvalue weighted by Gasteiger charge is -2.24. The van der Waals surface area contributed by atoms with Crippen LogP contribution in [0.15, 0.2) is 60.8 Å². The van der Waals surface area contributed by atoms with E-state index < -0.39 is 32.5 Å². The molecule has 0 saturated heterocycles. The predicted molar refractivity (Wildman–Crippen MR) is 229 cm³/mol. The minimum Gasteiger partial charge on any atom is -0.462 e. The van der Waals surface area contributed by atoms with E-state index in [0.29, 0.717) is 23.9 Å². The Bertz CT molecular complexity index is 1120. The molecule has 55 heavy (non-hydrogen) atoms. The first kappa shape index (κ1) is 52.7. The first-order valence-corrected chi connectivity index (χ1v) is 23.0. The maximum atomic E-state index is 12.7. The molecule has 10 heteroatoms. The molecule has 0 aromatic heterocycles. The number of ether oxygens (including phenoxy) is 2. The molecule has 0 radical (unpaired) electrons. The van der Waals surface area contributed by atoms with Gasteiger partial charge in [0.1, 0.15) is 19.8 Å². The minimum absolute atomic E-state index is 0.0194. The number of hydrogen-bond donors (Lipinski definition) is 1. The van der Waals surface area contributed by atoms with Crippen molar-refractivity contribution in [1.82, 2.24) is 0 Å². The van der Waals surface area contributed by atoms with Crippen LogP contribution in [-0.2, 0) is 32.7 Å². The van der Waals surface area contributed by atoms with Gasteiger partial charge in [0.2, 0.25) is 0 Å². The van der Waals surface area contributed by atoms with Crippen LogP contribution in [0.3, 0.4) is 0 Å². The van der Waals surface area contributed by atoms with Crippen LogP contribution in [0.1, 0.15) is 162 Å². The highest BCUT2D eigenvalue weighted by Crippen LogP contribution is 2.43. The Balaban J connectivity index is 4.49. The number of quaternary nitrogens is 1. The molecule has 0 rings (SSSR count). The van der Waals surface area contributed by atoms with Gasteiger partial charge in [-0.2, -0.15) is 0 Å². The van der Waals surface area contributed by atoms with E-state index in [1.54, 1.807) is 0 Å². The molecule has 0 heterocycles. The van der Waals surface area contributed by atoms with Gasteiger partial charge < -0.3 is 18.9 Å². The zero-order chi connectivity index (χ0) is 40.7. The van der Waals surface area contributed by atoms with Crippen LogP contribution < -0.4 is 0 Å². The molecule has 0 aliphatic carbocycles. The molecule has 0 fully saturated rings. The minimum atomic E-state index is -4.39. The molecule has 0 aromatic rings. The summed E-state index contributed by atoms with van der Waals surface area (Å²) >= 11 is 0. The fraction of sp³-hybridized carbons (Fsp3) is 0.733. The number of carbonyl (C=O) groups is 2. The fourth-order valence-electron chi connectivity index (χ4n) is 5.35. The summed E-state index contributed by atoms with van der Waals surface area (Å²) in [6, 6.07) is 0. The van der Waals surface area contributed by atoms with Crippen molar-refractivity contribution in [2.45, 2.75) is 168 Å². The Morgan fingerprint density at radius 1 is 0.564 bits per heavy atom. The molecule has 318 valence electrons. The lowest BCUT2D eigenvalue weighted by molar-refractivity contribution is -0.870. The smallest absolute Gasteiger partial charge is 0.462 e. The van der Waals surface area contributed by atoms with Gasteiger partial charge in [0.25, 0.3) is 0 Å². The van der Waals surface area contributed by atoms with Crippen LogP contribution >= 0.6 is 7.82 Å². The number of esters is 2. The van der Waals surface area contributed by atoms with E-state index in [9.17, 15) is 19.0 Å². The summed E-state index contributed by atoms with van der Waals surface area (Å²) in [4.78, 5) is 35.3. The SMILES string of the molecule is CCCCC/C=C/C/C=C/C/C=C/C/C=C/CCCC(=O)OC[C@H](COP(=O)(O)OCC[N+](C)(C)C)OC(=O)CCCCCCC/C=C/CCCCCCC. The van der Waals surface area contributed by atoms with Crippen LogP contribution in [0.2, 0.25) is 0 Å². The molecule has 1 unspecified atom stereocenters. The van der Waals surface area contributed by atoms with Crippen molar-refractivity contribution in [1.29, 1.82) is 0 Å². The maximum Gasteiger partial charge on any atom is 0.472 e. The number of rotatable bonds is 38. The fourth-order valence-corrected chi connectivity index (χ4v) is 6.09. The van der Waals surface area contributed by atoms with Crippen LogP contribution in [0, 0.1) is 0 Å². The van der Waals surface area contributed by atoms with E-state index in [-0.39, 0.29) is 26.1 Å². The quantitative estimate of drug-likeness (QED) is 0.0216. The van der Waals surface area contributed by atoms with Gasteiger partial charge in [-0.1, -0.05) is 132 Å². The molecule has 0 amide bonds. The third-order valence-electron chi connectivity index (χ3n) is 8.77. The van der Waals surface area contributed by atoms with Gasteiger partial charge in [0, 0.05) is 12.8 Å². The number of likely N-dealkylation sites (N-methyl/N-ethyl adjacent to an activating group) is 1. The second-order valence-corrected chi connectivity index (χ2v) is 16.8. The zero-order valence-electron chi connectivity index (χ0n) is 35.6. The summed E-state index contributed by atoms with van der Waals surface area (Å²) < 4.78 is 34.2. The van der Waals surface area contributed by atoms with Gasteiger partial charge >= 0.3 is 19.8 Å².